The zero-order valence-corrected chi connectivity index (χ0v) is 30.7. The van der Waals surface area contributed by atoms with Gasteiger partial charge in [-0.15, -0.1) is 0 Å². The summed E-state index contributed by atoms with van der Waals surface area (Å²) in [4.78, 5) is 0. The highest BCUT2D eigenvalue weighted by molar-refractivity contribution is 4.58. The van der Waals surface area contributed by atoms with Crippen molar-refractivity contribution < 1.29 is 47.7 Å². The van der Waals surface area contributed by atoms with Crippen LogP contribution in [0.25, 0.3) is 0 Å². The van der Waals surface area contributed by atoms with Crippen molar-refractivity contribution in [1.82, 2.24) is 0 Å². The Labute approximate surface area is 282 Å². The molecule has 0 aromatic rings. The second-order valence-corrected chi connectivity index (χ2v) is 12.4. The van der Waals surface area contributed by atoms with E-state index in [1.807, 2.05) is 27.7 Å². The van der Waals surface area contributed by atoms with Crippen molar-refractivity contribution in [2.45, 2.75) is 143 Å². The molecule has 0 fully saturated rings. The van der Waals surface area contributed by atoms with Gasteiger partial charge in [0.2, 0.25) is 0 Å². The molecule has 10 heteroatoms. The molecule has 0 amide bonds. The van der Waals surface area contributed by atoms with E-state index in [1.165, 1.54) is 64.2 Å². The molecule has 0 aliphatic rings. The fraction of sp³-hybridized carbons (Fsp3) is 1.00. The monoisotopic (exact) mass is 667 g/mol. The number of hydrogen-bond acceptors (Lipinski definition) is 10. The third-order valence-electron chi connectivity index (χ3n) is 7.32. The van der Waals surface area contributed by atoms with Crippen molar-refractivity contribution in [2.24, 2.45) is 0 Å². The number of ether oxygens (including phenoxy) is 9. The fourth-order valence-electron chi connectivity index (χ4n) is 4.47. The lowest BCUT2D eigenvalue weighted by Crippen LogP contribution is -2.29. The largest absolute Gasteiger partial charge is 0.394 e. The highest BCUT2D eigenvalue weighted by Gasteiger charge is 2.13. The Morgan fingerprint density at radius 3 is 1.13 bits per heavy atom. The molecule has 1 N–H and O–H groups in total. The normalized spacial score (nSPS) is 15.2. The molecule has 10 nitrogen and oxygen atoms in total. The molecule has 0 rings (SSSR count). The molecule has 0 aliphatic carbocycles. The molecule has 0 radical (unpaired) electrons. The van der Waals surface area contributed by atoms with Crippen LogP contribution in [0.15, 0.2) is 0 Å². The summed E-state index contributed by atoms with van der Waals surface area (Å²) in [5, 5.41) is 8.63. The molecule has 0 bridgehead atoms. The van der Waals surface area contributed by atoms with E-state index in [2.05, 4.69) is 13.8 Å². The number of hydrogen-bond donors (Lipinski definition) is 1. The molecule has 0 spiro atoms. The molecule has 278 valence electrons. The van der Waals surface area contributed by atoms with E-state index in [-0.39, 0.29) is 37.1 Å². The predicted octanol–water partition coefficient (Wildman–Crippen LogP) is 6.38. The minimum absolute atomic E-state index is 0.0136. The minimum Gasteiger partial charge on any atom is -0.394 e. The molecular weight excluding hydrogens is 592 g/mol. The van der Waals surface area contributed by atoms with Crippen LogP contribution in [0.4, 0.5) is 0 Å². The molecule has 0 aromatic carbocycles. The zero-order valence-electron chi connectivity index (χ0n) is 30.7. The topological polar surface area (TPSA) is 103 Å². The maximum absolute atomic E-state index is 8.63. The van der Waals surface area contributed by atoms with E-state index in [0.717, 1.165) is 13.0 Å². The first-order valence-electron chi connectivity index (χ1n) is 18.4. The summed E-state index contributed by atoms with van der Waals surface area (Å²) in [6, 6.07) is 0. The van der Waals surface area contributed by atoms with Gasteiger partial charge >= 0.3 is 0 Å². The summed E-state index contributed by atoms with van der Waals surface area (Å²) >= 11 is 0. The van der Waals surface area contributed by atoms with Crippen LogP contribution in [0.2, 0.25) is 0 Å². The maximum Gasteiger partial charge on any atom is 0.0781 e. The van der Waals surface area contributed by atoms with Crippen molar-refractivity contribution in [2.75, 3.05) is 92.5 Å². The predicted molar refractivity (Wildman–Crippen MR) is 184 cm³/mol. The molecule has 5 unspecified atom stereocenters. The van der Waals surface area contributed by atoms with Gasteiger partial charge in [0.05, 0.1) is 116 Å². The van der Waals surface area contributed by atoms with Crippen molar-refractivity contribution in [3.63, 3.8) is 0 Å². The van der Waals surface area contributed by atoms with Crippen molar-refractivity contribution >= 4 is 0 Å². The summed E-state index contributed by atoms with van der Waals surface area (Å²) in [6.45, 7) is 19.1. The van der Waals surface area contributed by atoms with Gasteiger partial charge in [0.25, 0.3) is 0 Å². The summed E-state index contributed by atoms with van der Waals surface area (Å²) in [7, 11) is 0. The molecule has 0 aliphatic heterocycles. The Bertz CT molecular complexity index is 585. The standard InChI is InChI=1S/C36H74O10/c1-7-8-9-10-11-12-13-14-15-16-17-19-41-27-32(2)43-29-34(4)45-31-36(6)46-30-35(5)44-28-33(3)42-26-25-40-24-23-39-22-21-38-20-18-37/h32-37H,7-31H2,1-6H3. The Morgan fingerprint density at radius 2 is 0.696 bits per heavy atom. The highest BCUT2D eigenvalue weighted by Crippen LogP contribution is 2.11. The van der Waals surface area contributed by atoms with Crippen LogP contribution in [0.5, 0.6) is 0 Å². The minimum atomic E-state index is -0.0463. The van der Waals surface area contributed by atoms with Crippen LogP contribution in [0.1, 0.15) is 112 Å². The second kappa shape index (κ2) is 35.9. The molecule has 0 heterocycles. The van der Waals surface area contributed by atoms with E-state index in [1.54, 1.807) is 0 Å². The van der Waals surface area contributed by atoms with Gasteiger partial charge in [0.1, 0.15) is 0 Å². The lowest BCUT2D eigenvalue weighted by atomic mass is 10.1. The summed E-state index contributed by atoms with van der Waals surface area (Å²) in [5.41, 5.74) is 0. The van der Waals surface area contributed by atoms with E-state index in [4.69, 9.17) is 47.7 Å². The summed E-state index contributed by atoms with van der Waals surface area (Å²) in [6.07, 6.45) is 14.7. The van der Waals surface area contributed by atoms with Gasteiger partial charge in [-0.3, -0.25) is 0 Å². The lowest BCUT2D eigenvalue weighted by Gasteiger charge is -2.22. The molecular formula is C36H74O10. The van der Waals surface area contributed by atoms with Gasteiger partial charge < -0.3 is 47.7 Å². The highest BCUT2D eigenvalue weighted by atomic mass is 16.6. The smallest absolute Gasteiger partial charge is 0.0781 e. The van der Waals surface area contributed by atoms with Crippen LogP contribution in [-0.4, -0.2) is 128 Å². The molecule has 0 saturated carbocycles. The Hall–Kier alpha value is -0.400. The molecule has 0 aromatic heterocycles. The first-order valence-corrected chi connectivity index (χ1v) is 18.4. The number of aliphatic hydroxyl groups excluding tert-OH is 1. The van der Waals surface area contributed by atoms with Gasteiger partial charge in [-0.05, 0) is 41.0 Å². The zero-order chi connectivity index (χ0) is 33.9. The van der Waals surface area contributed by atoms with Gasteiger partial charge in [-0.25, -0.2) is 0 Å². The summed E-state index contributed by atoms with van der Waals surface area (Å²) < 4.78 is 51.2. The van der Waals surface area contributed by atoms with Crippen LogP contribution in [0.3, 0.4) is 0 Å². The van der Waals surface area contributed by atoms with E-state index < -0.39 is 0 Å². The van der Waals surface area contributed by atoms with Crippen LogP contribution >= 0.6 is 0 Å². The van der Waals surface area contributed by atoms with E-state index >= 15 is 0 Å². The molecule has 46 heavy (non-hydrogen) atoms. The Balaban J connectivity index is 3.57. The first kappa shape index (κ1) is 45.6. The Kier molecular flexibility index (Phi) is 35.6. The van der Waals surface area contributed by atoms with Gasteiger partial charge in [-0.1, -0.05) is 71.1 Å². The average Bonchev–Trinajstić information content (AvgIpc) is 3.05. The lowest BCUT2D eigenvalue weighted by molar-refractivity contribution is -0.101. The SMILES string of the molecule is CCCCCCCCCCCCCOCC(C)OCC(C)OCC(C)OCC(C)OCC(C)OCCOCCOCCOCCO. The fourth-order valence-corrected chi connectivity index (χ4v) is 4.47. The Morgan fingerprint density at radius 1 is 0.348 bits per heavy atom. The van der Waals surface area contributed by atoms with Crippen LogP contribution in [-0.2, 0) is 42.6 Å². The van der Waals surface area contributed by atoms with Crippen LogP contribution in [0, 0.1) is 0 Å². The third-order valence-corrected chi connectivity index (χ3v) is 7.32. The van der Waals surface area contributed by atoms with Gasteiger partial charge in [-0.2, -0.15) is 0 Å². The van der Waals surface area contributed by atoms with Gasteiger partial charge in [0, 0.05) is 6.61 Å². The third kappa shape index (κ3) is 34.9. The second-order valence-electron chi connectivity index (χ2n) is 12.4. The number of unbranched alkanes of at least 4 members (excludes halogenated alkanes) is 10. The van der Waals surface area contributed by atoms with Crippen molar-refractivity contribution in [3.8, 4) is 0 Å². The maximum atomic E-state index is 8.63. The molecule has 5 atom stereocenters. The molecule has 0 saturated heterocycles. The van der Waals surface area contributed by atoms with Crippen molar-refractivity contribution in [3.05, 3.63) is 0 Å². The van der Waals surface area contributed by atoms with Gasteiger partial charge in [0.15, 0.2) is 0 Å². The van der Waals surface area contributed by atoms with E-state index in [9.17, 15) is 0 Å². The average molecular weight is 667 g/mol. The van der Waals surface area contributed by atoms with Crippen LogP contribution < -0.4 is 0 Å². The number of rotatable bonds is 38. The first-order chi connectivity index (χ1) is 22.4. The van der Waals surface area contributed by atoms with E-state index in [0.29, 0.717) is 79.3 Å². The number of aliphatic hydroxyl groups is 1. The van der Waals surface area contributed by atoms with Crippen molar-refractivity contribution in [1.29, 1.82) is 0 Å². The summed E-state index contributed by atoms with van der Waals surface area (Å²) in [5.74, 6) is 0. The quantitative estimate of drug-likeness (QED) is 0.0747.